The molecule has 0 unspecified atom stereocenters. The van der Waals surface area contributed by atoms with Crippen LogP contribution in [-0.2, 0) is 16.2 Å². The van der Waals surface area contributed by atoms with Gasteiger partial charge in [0, 0.05) is 20.6 Å². The Morgan fingerprint density at radius 1 is 0.909 bits per heavy atom. The number of halogens is 5. The van der Waals surface area contributed by atoms with Gasteiger partial charge in [0.05, 0.1) is 21.4 Å². The third kappa shape index (κ3) is 10.9. The van der Waals surface area contributed by atoms with E-state index in [0.29, 0.717) is 50.9 Å². The predicted octanol–water partition coefficient (Wildman–Crippen LogP) is 8.33. The van der Waals surface area contributed by atoms with E-state index in [1.165, 1.54) is 12.3 Å². The Balaban J connectivity index is 1.67. The molecule has 2 atom stereocenters. The Bertz CT molecular complexity index is 1510. The number of nitrogens with zero attached hydrogens (tertiary/aromatic N) is 1. The lowest BCUT2D eigenvalue weighted by Gasteiger charge is -2.22. The Morgan fingerprint density at radius 3 is 2.23 bits per heavy atom. The molecule has 236 valence electrons. The average molecular weight is 795 g/mol. The maximum absolute atomic E-state index is 13.1. The van der Waals surface area contributed by atoms with Crippen LogP contribution in [0.25, 0.3) is 0 Å². The predicted molar refractivity (Wildman–Crippen MR) is 185 cm³/mol. The van der Waals surface area contributed by atoms with Crippen molar-refractivity contribution in [3.05, 3.63) is 83.3 Å². The number of benzene rings is 3. The lowest BCUT2D eigenvalue weighted by atomic mass is 10.0. The first-order valence-electron chi connectivity index (χ1n) is 13.7. The molecular formula is C31H32Cl4IN3O5. The van der Waals surface area contributed by atoms with Crippen molar-refractivity contribution in [2.24, 2.45) is 11.0 Å². The van der Waals surface area contributed by atoms with Crippen LogP contribution in [0.1, 0.15) is 45.2 Å². The summed E-state index contributed by atoms with van der Waals surface area (Å²) in [6.07, 6.45) is 0.956. The SMILES string of the molecule is CCOc1cc(/C=N\NC(=O)[C@@H](CC(C)C)NC(=O)[C@H](C)Oc2ccc(Cl)cc2Cl)cc(I)c1OCc1ccc(Cl)cc1Cl. The zero-order valence-electron chi connectivity index (χ0n) is 24.4. The molecule has 3 aromatic rings. The Hall–Kier alpha value is -2.44. The minimum atomic E-state index is -0.921. The maximum Gasteiger partial charge on any atom is 0.262 e. The highest BCUT2D eigenvalue weighted by molar-refractivity contribution is 14.1. The number of amides is 2. The highest BCUT2D eigenvalue weighted by Gasteiger charge is 2.25. The lowest BCUT2D eigenvalue weighted by Crippen LogP contribution is -2.49. The molecule has 0 spiro atoms. The minimum Gasteiger partial charge on any atom is -0.490 e. The first-order chi connectivity index (χ1) is 20.9. The summed E-state index contributed by atoms with van der Waals surface area (Å²) in [7, 11) is 0. The normalized spacial score (nSPS) is 12.6. The number of rotatable bonds is 14. The fourth-order valence-electron chi connectivity index (χ4n) is 3.91. The third-order valence-corrected chi connectivity index (χ3v) is 7.93. The van der Waals surface area contributed by atoms with Crippen LogP contribution >= 0.6 is 69.0 Å². The quantitative estimate of drug-likeness (QED) is 0.0973. The van der Waals surface area contributed by atoms with Gasteiger partial charge in [-0.15, -0.1) is 0 Å². The van der Waals surface area contributed by atoms with Crippen molar-refractivity contribution >= 4 is 87.0 Å². The molecule has 3 aromatic carbocycles. The summed E-state index contributed by atoms with van der Waals surface area (Å²) in [4.78, 5) is 26.0. The van der Waals surface area contributed by atoms with Gasteiger partial charge in [-0.3, -0.25) is 9.59 Å². The van der Waals surface area contributed by atoms with E-state index in [1.807, 2.05) is 26.8 Å². The van der Waals surface area contributed by atoms with E-state index in [9.17, 15) is 9.59 Å². The number of nitrogens with one attached hydrogen (secondary N) is 2. The van der Waals surface area contributed by atoms with Crippen molar-refractivity contribution < 1.29 is 23.8 Å². The van der Waals surface area contributed by atoms with Gasteiger partial charge in [-0.1, -0.05) is 66.3 Å². The van der Waals surface area contributed by atoms with E-state index in [-0.39, 0.29) is 17.5 Å². The van der Waals surface area contributed by atoms with Crippen LogP contribution in [0.5, 0.6) is 17.2 Å². The summed E-state index contributed by atoms with van der Waals surface area (Å²) in [5.41, 5.74) is 3.97. The summed E-state index contributed by atoms with van der Waals surface area (Å²) in [5.74, 6) is 0.529. The van der Waals surface area contributed by atoms with Gasteiger partial charge in [0.1, 0.15) is 18.4 Å². The van der Waals surface area contributed by atoms with E-state index in [0.717, 1.165) is 9.13 Å². The maximum atomic E-state index is 13.1. The molecule has 2 N–H and O–H groups in total. The molecule has 0 aliphatic rings. The molecule has 0 heterocycles. The fraction of sp³-hybridized carbons (Fsp3) is 0.323. The molecule has 0 fully saturated rings. The summed E-state index contributed by atoms with van der Waals surface area (Å²) in [6.45, 7) is 7.96. The van der Waals surface area contributed by atoms with E-state index in [4.69, 9.17) is 60.6 Å². The standard InChI is InChI=1S/C31H32Cl4IN3O5/c1-5-42-28-12-19(11-25(36)29(28)43-16-20-6-7-21(32)13-23(20)34)15-37-39-31(41)26(10-17(2)3)38-30(40)18(4)44-27-9-8-22(33)14-24(27)35/h6-9,11-15,17-18,26H,5,10,16H2,1-4H3,(H,38,40)(H,39,41)/b37-15-/t18-,26+/m0/s1. The van der Waals surface area contributed by atoms with Crippen LogP contribution in [0.4, 0.5) is 0 Å². The molecule has 0 aliphatic carbocycles. The van der Waals surface area contributed by atoms with Crippen molar-refractivity contribution in [2.75, 3.05) is 6.61 Å². The minimum absolute atomic E-state index is 0.114. The number of carbonyl (C=O) groups is 2. The van der Waals surface area contributed by atoms with Crippen molar-refractivity contribution in [1.82, 2.24) is 10.7 Å². The smallest absolute Gasteiger partial charge is 0.262 e. The average Bonchev–Trinajstić information content (AvgIpc) is 2.94. The van der Waals surface area contributed by atoms with Gasteiger partial charge < -0.3 is 19.5 Å². The topological polar surface area (TPSA) is 98.2 Å². The first kappa shape index (κ1) is 36.0. The van der Waals surface area contributed by atoms with E-state index in [1.54, 1.807) is 43.3 Å². The summed E-state index contributed by atoms with van der Waals surface area (Å²) >= 11 is 26.5. The molecule has 8 nitrogen and oxygen atoms in total. The first-order valence-corrected chi connectivity index (χ1v) is 16.2. The molecule has 0 saturated heterocycles. The Labute approximate surface area is 290 Å². The van der Waals surface area contributed by atoms with E-state index >= 15 is 0 Å². The van der Waals surface area contributed by atoms with Crippen molar-refractivity contribution in [3.8, 4) is 17.2 Å². The molecule has 0 aromatic heterocycles. The second-order valence-electron chi connectivity index (χ2n) is 10.0. The number of hydrogen-bond donors (Lipinski definition) is 2. The van der Waals surface area contributed by atoms with Crippen LogP contribution in [0, 0.1) is 9.49 Å². The summed E-state index contributed by atoms with van der Waals surface area (Å²) < 4.78 is 18.3. The lowest BCUT2D eigenvalue weighted by molar-refractivity contribution is -0.132. The molecule has 0 saturated carbocycles. The van der Waals surface area contributed by atoms with Gasteiger partial charge >= 0.3 is 0 Å². The fourth-order valence-corrected chi connectivity index (χ4v) is 5.61. The monoisotopic (exact) mass is 793 g/mol. The van der Waals surface area contributed by atoms with Crippen LogP contribution in [0.15, 0.2) is 53.6 Å². The van der Waals surface area contributed by atoms with E-state index < -0.39 is 24.0 Å². The Kier molecular flexibility index (Phi) is 14.2. The second kappa shape index (κ2) is 17.3. The molecule has 0 aliphatic heterocycles. The van der Waals surface area contributed by atoms with Crippen molar-refractivity contribution in [2.45, 2.75) is 52.9 Å². The highest BCUT2D eigenvalue weighted by Crippen LogP contribution is 2.35. The molecule has 0 radical (unpaired) electrons. The third-order valence-electron chi connectivity index (χ3n) is 6.01. The van der Waals surface area contributed by atoms with Crippen molar-refractivity contribution in [1.29, 1.82) is 0 Å². The second-order valence-corrected chi connectivity index (χ2v) is 12.9. The van der Waals surface area contributed by atoms with Gasteiger partial charge in [0.15, 0.2) is 17.6 Å². The van der Waals surface area contributed by atoms with Gasteiger partial charge in [-0.25, -0.2) is 5.43 Å². The number of hydrazone groups is 1. The largest absolute Gasteiger partial charge is 0.490 e. The molecule has 13 heteroatoms. The highest BCUT2D eigenvalue weighted by atomic mass is 127. The summed E-state index contributed by atoms with van der Waals surface area (Å²) in [6, 6.07) is 12.7. The number of hydrogen-bond acceptors (Lipinski definition) is 6. The molecule has 0 bridgehead atoms. The van der Waals surface area contributed by atoms with Gasteiger partial charge in [0.25, 0.3) is 11.8 Å². The molecular weight excluding hydrogens is 763 g/mol. The van der Waals surface area contributed by atoms with E-state index in [2.05, 4.69) is 38.4 Å². The van der Waals surface area contributed by atoms with Crippen molar-refractivity contribution in [3.63, 3.8) is 0 Å². The zero-order chi connectivity index (χ0) is 32.4. The molecule has 3 rings (SSSR count). The Morgan fingerprint density at radius 2 is 1.59 bits per heavy atom. The van der Waals surface area contributed by atoms with Gasteiger partial charge in [0.2, 0.25) is 0 Å². The number of ether oxygens (including phenoxy) is 3. The zero-order valence-corrected chi connectivity index (χ0v) is 29.6. The number of carbonyl (C=O) groups excluding carboxylic acids is 2. The summed E-state index contributed by atoms with van der Waals surface area (Å²) in [5, 5.41) is 8.64. The van der Waals surface area contributed by atoms with Crippen LogP contribution in [0.2, 0.25) is 20.1 Å². The van der Waals surface area contributed by atoms with Crippen LogP contribution in [-0.4, -0.2) is 36.8 Å². The van der Waals surface area contributed by atoms with Gasteiger partial charge in [-0.05, 0) is 96.8 Å². The van der Waals surface area contributed by atoms with Gasteiger partial charge in [-0.2, -0.15) is 5.10 Å². The molecule has 44 heavy (non-hydrogen) atoms. The molecule has 2 amide bonds. The van der Waals surface area contributed by atoms with Crippen LogP contribution < -0.4 is 25.0 Å². The van der Waals surface area contributed by atoms with Crippen LogP contribution in [0.3, 0.4) is 0 Å².